The fourth-order valence-corrected chi connectivity index (χ4v) is 2.54. The number of carboxylic acid groups (broad SMARTS) is 1. The summed E-state index contributed by atoms with van der Waals surface area (Å²) in [6.07, 6.45) is 2.66. The van der Waals surface area contributed by atoms with Crippen molar-refractivity contribution in [3.05, 3.63) is 0 Å². The van der Waals surface area contributed by atoms with E-state index >= 15 is 0 Å². The number of hydrogen-bond acceptors (Lipinski definition) is 3. The third-order valence-electron chi connectivity index (χ3n) is 3.59. The zero-order chi connectivity index (χ0) is 13.0. The number of nitrogens with one attached hydrogen (secondary N) is 1. The number of aliphatic carboxylic acids is 1. The SMILES string of the molecule is O=C(O)CC1CCN(C(=O)NC2CCOCC2)C1. The van der Waals surface area contributed by atoms with E-state index in [9.17, 15) is 9.59 Å². The average molecular weight is 256 g/mol. The van der Waals surface area contributed by atoms with Crippen molar-refractivity contribution in [1.82, 2.24) is 10.2 Å². The molecule has 0 spiro atoms. The molecule has 2 aliphatic rings. The summed E-state index contributed by atoms with van der Waals surface area (Å²) in [6, 6.07) is 0.138. The minimum absolute atomic E-state index is 0.0604. The van der Waals surface area contributed by atoms with Crippen molar-refractivity contribution in [2.24, 2.45) is 5.92 Å². The van der Waals surface area contributed by atoms with Crippen LogP contribution >= 0.6 is 0 Å². The minimum Gasteiger partial charge on any atom is -0.481 e. The summed E-state index contributed by atoms with van der Waals surface area (Å²) in [5.41, 5.74) is 0. The smallest absolute Gasteiger partial charge is 0.317 e. The molecule has 2 saturated heterocycles. The van der Waals surface area contributed by atoms with Crippen LogP contribution in [0.3, 0.4) is 0 Å². The molecular formula is C12H20N2O4. The van der Waals surface area contributed by atoms with Crippen molar-refractivity contribution in [2.45, 2.75) is 31.7 Å². The van der Waals surface area contributed by atoms with Gasteiger partial charge in [-0.25, -0.2) is 4.79 Å². The number of amides is 2. The van der Waals surface area contributed by atoms with Crippen LogP contribution < -0.4 is 5.32 Å². The standard InChI is InChI=1S/C12H20N2O4/c15-11(16)7-9-1-4-14(8-9)12(17)13-10-2-5-18-6-3-10/h9-10H,1-8H2,(H,13,17)(H,15,16). The number of nitrogens with zero attached hydrogens (tertiary/aromatic N) is 1. The van der Waals surface area contributed by atoms with Gasteiger partial charge in [-0.1, -0.05) is 0 Å². The molecule has 18 heavy (non-hydrogen) atoms. The lowest BCUT2D eigenvalue weighted by Gasteiger charge is -2.26. The summed E-state index contributed by atoms with van der Waals surface area (Å²) in [6.45, 7) is 2.62. The number of carbonyl (C=O) groups is 2. The van der Waals surface area contributed by atoms with Gasteiger partial charge in [0.05, 0.1) is 0 Å². The highest BCUT2D eigenvalue weighted by Gasteiger charge is 2.29. The van der Waals surface area contributed by atoms with Gasteiger partial charge in [0.15, 0.2) is 0 Å². The second-order valence-corrected chi connectivity index (χ2v) is 5.03. The van der Waals surface area contributed by atoms with E-state index in [0.29, 0.717) is 26.3 Å². The van der Waals surface area contributed by atoms with Crippen LogP contribution in [0.2, 0.25) is 0 Å². The van der Waals surface area contributed by atoms with Gasteiger partial charge in [0.2, 0.25) is 0 Å². The summed E-state index contributed by atoms with van der Waals surface area (Å²) in [5, 5.41) is 11.7. The molecule has 0 aromatic rings. The molecule has 2 heterocycles. The normalized spacial score (nSPS) is 25.1. The van der Waals surface area contributed by atoms with Crippen LogP contribution in [0.4, 0.5) is 4.79 Å². The van der Waals surface area contributed by atoms with Crippen LogP contribution in [-0.4, -0.2) is 54.4 Å². The molecule has 0 aromatic heterocycles. The molecule has 2 N–H and O–H groups in total. The van der Waals surface area contributed by atoms with E-state index in [1.165, 1.54) is 0 Å². The third kappa shape index (κ3) is 3.60. The molecule has 6 nitrogen and oxygen atoms in total. The molecule has 2 amide bonds. The first-order valence-electron chi connectivity index (χ1n) is 6.50. The first kappa shape index (κ1) is 13.1. The number of likely N-dealkylation sites (tertiary alicyclic amines) is 1. The molecule has 0 bridgehead atoms. The van der Waals surface area contributed by atoms with Crippen LogP contribution in [0, 0.1) is 5.92 Å². The summed E-state index contributed by atoms with van der Waals surface area (Å²) in [5.74, 6) is -0.686. The van der Waals surface area contributed by atoms with Gasteiger partial charge < -0.3 is 20.1 Å². The van der Waals surface area contributed by atoms with Gasteiger partial charge in [-0.15, -0.1) is 0 Å². The lowest BCUT2D eigenvalue weighted by molar-refractivity contribution is -0.138. The van der Waals surface area contributed by atoms with E-state index in [1.54, 1.807) is 4.90 Å². The number of ether oxygens (including phenoxy) is 1. The Bertz CT molecular complexity index is 315. The second-order valence-electron chi connectivity index (χ2n) is 5.03. The lowest BCUT2D eigenvalue weighted by Crippen LogP contribution is -2.45. The van der Waals surface area contributed by atoms with Crippen molar-refractivity contribution in [2.75, 3.05) is 26.3 Å². The molecule has 0 radical (unpaired) electrons. The van der Waals surface area contributed by atoms with Crippen molar-refractivity contribution < 1.29 is 19.4 Å². The summed E-state index contributed by atoms with van der Waals surface area (Å²) in [7, 11) is 0. The van der Waals surface area contributed by atoms with Crippen molar-refractivity contribution >= 4 is 12.0 Å². The van der Waals surface area contributed by atoms with Crippen LogP contribution in [-0.2, 0) is 9.53 Å². The number of rotatable bonds is 3. The van der Waals surface area contributed by atoms with Crippen molar-refractivity contribution in [1.29, 1.82) is 0 Å². The molecule has 0 aliphatic carbocycles. The molecule has 2 rings (SSSR count). The maximum Gasteiger partial charge on any atom is 0.317 e. The predicted octanol–water partition coefficient (Wildman–Crippen LogP) is 0.672. The van der Waals surface area contributed by atoms with Crippen LogP contribution in [0.25, 0.3) is 0 Å². The Hall–Kier alpha value is -1.30. The molecule has 102 valence electrons. The zero-order valence-corrected chi connectivity index (χ0v) is 10.4. The largest absolute Gasteiger partial charge is 0.481 e. The molecular weight excluding hydrogens is 236 g/mol. The Morgan fingerprint density at radius 1 is 1.28 bits per heavy atom. The number of urea groups is 1. The topological polar surface area (TPSA) is 78.9 Å². The summed E-state index contributed by atoms with van der Waals surface area (Å²) >= 11 is 0. The van der Waals surface area contributed by atoms with E-state index in [-0.39, 0.29) is 24.4 Å². The van der Waals surface area contributed by atoms with E-state index in [1.807, 2.05) is 0 Å². The third-order valence-corrected chi connectivity index (χ3v) is 3.59. The number of carboxylic acids is 1. The fourth-order valence-electron chi connectivity index (χ4n) is 2.54. The molecule has 1 unspecified atom stereocenters. The fraction of sp³-hybridized carbons (Fsp3) is 0.833. The molecule has 0 aromatic carbocycles. The van der Waals surface area contributed by atoms with Crippen LogP contribution in [0.15, 0.2) is 0 Å². The van der Waals surface area contributed by atoms with Gasteiger partial charge in [-0.2, -0.15) is 0 Å². The van der Waals surface area contributed by atoms with Gasteiger partial charge in [-0.05, 0) is 25.2 Å². The van der Waals surface area contributed by atoms with E-state index in [0.717, 1.165) is 19.3 Å². The molecule has 6 heteroatoms. The quantitative estimate of drug-likeness (QED) is 0.778. The van der Waals surface area contributed by atoms with E-state index in [2.05, 4.69) is 5.32 Å². The van der Waals surface area contributed by atoms with Gasteiger partial charge >= 0.3 is 12.0 Å². The number of carbonyl (C=O) groups excluding carboxylic acids is 1. The molecule has 2 fully saturated rings. The number of hydrogen-bond donors (Lipinski definition) is 2. The molecule has 0 saturated carbocycles. The molecule has 1 atom stereocenters. The highest BCUT2D eigenvalue weighted by Crippen LogP contribution is 2.19. The summed E-state index contributed by atoms with van der Waals surface area (Å²) < 4.78 is 5.24. The van der Waals surface area contributed by atoms with Gasteiger partial charge in [0, 0.05) is 38.8 Å². The second kappa shape index (κ2) is 6.04. The molecule has 2 aliphatic heterocycles. The maximum atomic E-state index is 12.0. The van der Waals surface area contributed by atoms with E-state index < -0.39 is 5.97 Å². The highest BCUT2D eigenvalue weighted by molar-refractivity contribution is 5.75. The maximum absolute atomic E-state index is 12.0. The first-order valence-corrected chi connectivity index (χ1v) is 6.50. The monoisotopic (exact) mass is 256 g/mol. The van der Waals surface area contributed by atoms with Gasteiger partial charge in [-0.3, -0.25) is 4.79 Å². The Morgan fingerprint density at radius 3 is 2.67 bits per heavy atom. The van der Waals surface area contributed by atoms with Crippen LogP contribution in [0.5, 0.6) is 0 Å². The Morgan fingerprint density at radius 2 is 2.00 bits per heavy atom. The van der Waals surface area contributed by atoms with Gasteiger partial charge in [0.1, 0.15) is 0 Å². The lowest BCUT2D eigenvalue weighted by atomic mass is 10.1. The first-order chi connectivity index (χ1) is 8.65. The minimum atomic E-state index is -0.785. The predicted molar refractivity (Wildman–Crippen MR) is 64.3 cm³/mol. The highest BCUT2D eigenvalue weighted by atomic mass is 16.5. The Balaban J connectivity index is 1.74. The summed E-state index contributed by atoms with van der Waals surface area (Å²) in [4.78, 5) is 24.3. The van der Waals surface area contributed by atoms with Gasteiger partial charge in [0.25, 0.3) is 0 Å². The van der Waals surface area contributed by atoms with E-state index in [4.69, 9.17) is 9.84 Å². The van der Waals surface area contributed by atoms with Crippen molar-refractivity contribution in [3.63, 3.8) is 0 Å². The Labute approximate surface area is 106 Å². The average Bonchev–Trinajstić information content (AvgIpc) is 2.78. The zero-order valence-electron chi connectivity index (χ0n) is 10.4. The van der Waals surface area contributed by atoms with Crippen LogP contribution in [0.1, 0.15) is 25.7 Å². The van der Waals surface area contributed by atoms with Crippen molar-refractivity contribution in [3.8, 4) is 0 Å². The Kier molecular flexibility index (Phi) is 4.41.